The number of furan rings is 2. The van der Waals surface area contributed by atoms with E-state index in [0.717, 1.165) is 72.1 Å². The van der Waals surface area contributed by atoms with E-state index in [1.807, 2.05) is 12.1 Å². The molecule has 3 heteroatoms. The van der Waals surface area contributed by atoms with Crippen LogP contribution in [0.2, 0.25) is 0 Å². The fourth-order valence-electron chi connectivity index (χ4n) is 9.67. The van der Waals surface area contributed by atoms with Gasteiger partial charge in [-0.05, 0) is 75.3 Å². The second kappa shape index (κ2) is 12.7. The molecule has 0 bridgehead atoms. The van der Waals surface area contributed by atoms with Crippen LogP contribution in [-0.2, 0) is 5.41 Å². The van der Waals surface area contributed by atoms with Crippen molar-refractivity contribution in [3.8, 4) is 22.3 Å². The van der Waals surface area contributed by atoms with E-state index in [4.69, 9.17) is 8.83 Å². The van der Waals surface area contributed by atoms with Gasteiger partial charge in [0.1, 0.15) is 16.7 Å². The third kappa shape index (κ3) is 4.68. The van der Waals surface area contributed by atoms with E-state index in [1.165, 1.54) is 33.4 Å². The molecule has 0 aliphatic heterocycles. The monoisotopic (exact) mass is 741 g/mol. The number of benzene rings is 9. The molecule has 0 amide bonds. The average Bonchev–Trinajstić information content (AvgIpc) is 3.96. The Morgan fingerprint density at radius 1 is 0.345 bits per heavy atom. The van der Waals surface area contributed by atoms with Gasteiger partial charge in [-0.3, -0.25) is 0 Å². The zero-order valence-corrected chi connectivity index (χ0v) is 31.5. The Bertz CT molecular complexity index is 3290. The summed E-state index contributed by atoms with van der Waals surface area (Å²) in [4.78, 5) is 2.29. The molecule has 1 aliphatic rings. The first-order valence-corrected chi connectivity index (χ1v) is 19.8. The first-order valence-electron chi connectivity index (χ1n) is 19.8. The lowest BCUT2D eigenvalue weighted by molar-refractivity contribution is 0.648. The van der Waals surface area contributed by atoms with Crippen LogP contribution < -0.4 is 4.90 Å². The van der Waals surface area contributed by atoms with Crippen molar-refractivity contribution in [3.63, 3.8) is 0 Å². The molecule has 0 unspecified atom stereocenters. The van der Waals surface area contributed by atoms with Crippen molar-refractivity contribution in [1.82, 2.24) is 0 Å². The van der Waals surface area contributed by atoms with Crippen LogP contribution in [0.15, 0.2) is 221 Å². The van der Waals surface area contributed by atoms with Crippen LogP contribution in [0.4, 0.5) is 17.1 Å². The number of hydrogen-bond acceptors (Lipinski definition) is 3. The van der Waals surface area contributed by atoms with Crippen molar-refractivity contribution in [1.29, 1.82) is 0 Å². The Morgan fingerprint density at radius 2 is 0.879 bits per heavy atom. The molecule has 2 heterocycles. The smallest absolute Gasteiger partial charge is 0.159 e. The molecule has 0 saturated carbocycles. The maximum absolute atomic E-state index is 7.20. The Balaban J connectivity index is 1.09. The quantitative estimate of drug-likeness (QED) is 0.170. The topological polar surface area (TPSA) is 29.5 Å². The van der Waals surface area contributed by atoms with Gasteiger partial charge in [0.25, 0.3) is 0 Å². The SMILES string of the molecule is c1ccc(-c2ccc(N(c3ccc4c(c3)oc3c(C5(c6ccccc6)c6ccccc6-c6ccccc65)cccc34)c3cccc4c3oc3ccccc34)cc2)cc1. The van der Waals surface area contributed by atoms with Gasteiger partial charge in [0.15, 0.2) is 5.58 Å². The van der Waals surface area contributed by atoms with E-state index in [2.05, 4.69) is 205 Å². The van der Waals surface area contributed by atoms with E-state index < -0.39 is 5.41 Å². The molecule has 1 aliphatic carbocycles. The van der Waals surface area contributed by atoms with Crippen molar-refractivity contribution in [2.75, 3.05) is 4.90 Å². The highest BCUT2D eigenvalue weighted by atomic mass is 16.3. The second-order valence-corrected chi connectivity index (χ2v) is 15.2. The average molecular weight is 742 g/mol. The highest BCUT2D eigenvalue weighted by Gasteiger charge is 2.47. The summed E-state index contributed by atoms with van der Waals surface area (Å²) in [5, 5.41) is 4.34. The molecule has 0 saturated heterocycles. The molecule has 9 aromatic carbocycles. The van der Waals surface area contributed by atoms with Crippen LogP contribution in [-0.4, -0.2) is 0 Å². The van der Waals surface area contributed by atoms with E-state index in [1.54, 1.807) is 0 Å². The zero-order valence-electron chi connectivity index (χ0n) is 31.5. The van der Waals surface area contributed by atoms with Crippen molar-refractivity contribution in [3.05, 3.63) is 235 Å². The number of para-hydroxylation sites is 3. The normalized spacial score (nSPS) is 13.0. The number of nitrogens with zero attached hydrogens (tertiary/aromatic N) is 1. The highest BCUT2D eigenvalue weighted by molar-refractivity contribution is 6.12. The summed E-state index contributed by atoms with van der Waals surface area (Å²) >= 11 is 0. The standard InChI is InChI=1S/C55H35NO2/c1-3-15-36(16-4-1)37-29-31-39(32-30-37)56(50-27-14-23-46-43-21-9-12-28-51(43)57-54(46)50)40-33-34-44-45-22-13-26-49(53(45)58-52(44)35-40)55(38-17-5-2-6-18-38)47-24-10-7-19-41(47)42-20-8-11-25-48(42)55/h1-35H. The van der Waals surface area contributed by atoms with Gasteiger partial charge in [-0.15, -0.1) is 0 Å². The largest absolute Gasteiger partial charge is 0.456 e. The third-order valence-corrected chi connectivity index (χ3v) is 12.2. The summed E-state index contributed by atoms with van der Waals surface area (Å²) in [5.41, 5.74) is 15.5. The van der Waals surface area contributed by atoms with E-state index in [9.17, 15) is 0 Å². The van der Waals surface area contributed by atoms with Crippen LogP contribution >= 0.6 is 0 Å². The van der Waals surface area contributed by atoms with E-state index in [-0.39, 0.29) is 0 Å². The molecule has 12 rings (SSSR count). The molecular weight excluding hydrogens is 707 g/mol. The number of fused-ring (bicyclic) bond motifs is 9. The fourth-order valence-corrected chi connectivity index (χ4v) is 9.67. The van der Waals surface area contributed by atoms with Crippen molar-refractivity contribution in [2.45, 2.75) is 5.41 Å². The minimum atomic E-state index is -0.575. The molecule has 3 nitrogen and oxygen atoms in total. The third-order valence-electron chi connectivity index (χ3n) is 12.2. The first kappa shape index (κ1) is 32.6. The van der Waals surface area contributed by atoms with Crippen molar-refractivity contribution >= 4 is 60.9 Å². The Morgan fingerprint density at radius 3 is 1.64 bits per heavy atom. The van der Waals surface area contributed by atoms with Crippen LogP contribution in [0.1, 0.15) is 22.3 Å². The maximum Gasteiger partial charge on any atom is 0.159 e. The van der Waals surface area contributed by atoms with Gasteiger partial charge in [0.2, 0.25) is 0 Å². The number of anilines is 3. The lowest BCUT2D eigenvalue weighted by Crippen LogP contribution is -2.28. The molecule has 0 radical (unpaired) electrons. The van der Waals surface area contributed by atoms with Gasteiger partial charge in [0, 0.05) is 38.9 Å². The minimum Gasteiger partial charge on any atom is -0.456 e. The van der Waals surface area contributed by atoms with E-state index >= 15 is 0 Å². The van der Waals surface area contributed by atoms with Gasteiger partial charge < -0.3 is 13.7 Å². The molecule has 0 spiro atoms. The lowest BCUT2D eigenvalue weighted by atomic mass is 9.67. The Kier molecular flexibility index (Phi) is 7.14. The fraction of sp³-hybridized carbons (Fsp3) is 0.0182. The number of rotatable bonds is 6. The predicted octanol–water partition coefficient (Wildman–Crippen LogP) is 15.0. The van der Waals surface area contributed by atoms with Crippen LogP contribution in [0.25, 0.3) is 66.1 Å². The highest BCUT2D eigenvalue weighted by Crippen LogP contribution is 2.57. The molecular formula is C55H35NO2. The molecule has 0 N–H and O–H groups in total. The van der Waals surface area contributed by atoms with Crippen molar-refractivity contribution in [2.24, 2.45) is 0 Å². The zero-order chi connectivity index (χ0) is 38.2. The maximum atomic E-state index is 7.20. The predicted molar refractivity (Wildman–Crippen MR) is 238 cm³/mol. The summed E-state index contributed by atoms with van der Waals surface area (Å²) in [6.45, 7) is 0. The first-order chi connectivity index (χ1) is 28.8. The summed E-state index contributed by atoms with van der Waals surface area (Å²) in [6.07, 6.45) is 0. The molecule has 11 aromatic rings. The van der Waals surface area contributed by atoms with Crippen LogP contribution in [0, 0.1) is 0 Å². The second-order valence-electron chi connectivity index (χ2n) is 15.2. The van der Waals surface area contributed by atoms with E-state index in [0.29, 0.717) is 0 Å². The summed E-state index contributed by atoms with van der Waals surface area (Å²) in [7, 11) is 0. The molecule has 0 fully saturated rings. The van der Waals surface area contributed by atoms with Gasteiger partial charge in [0.05, 0.1) is 16.8 Å². The van der Waals surface area contributed by atoms with Gasteiger partial charge in [-0.1, -0.05) is 170 Å². The van der Waals surface area contributed by atoms with Crippen LogP contribution in [0.5, 0.6) is 0 Å². The summed E-state index contributed by atoms with van der Waals surface area (Å²) < 4.78 is 13.9. The Hall–Kier alpha value is -7.62. The lowest BCUT2D eigenvalue weighted by Gasteiger charge is -2.33. The van der Waals surface area contributed by atoms with Gasteiger partial charge >= 0.3 is 0 Å². The molecule has 0 atom stereocenters. The van der Waals surface area contributed by atoms with Gasteiger partial charge in [-0.2, -0.15) is 0 Å². The summed E-state index contributed by atoms with van der Waals surface area (Å²) in [5.74, 6) is 0. The van der Waals surface area contributed by atoms with Gasteiger partial charge in [-0.25, -0.2) is 0 Å². The molecule has 272 valence electrons. The summed E-state index contributed by atoms with van der Waals surface area (Å²) in [6, 6.07) is 75.9. The minimum absolute atomic E-state index is 0.575. The molecule has 2 aromatic heterocycles. The number of hydrogen-bond donors (Lipinski definition) is 0. The molecule has 58 heavy (non-hydrogen) atoms. The van der Waals surface area contributed by atoms with Crippen molar-refractivity contribution < 1.29 is 8.83 Å². The Labute approximate surface area is 335 Å². The van der Waals surface area contributed by atoms with Crippen LogP contribution in [0.3, 0.4) is 0 Å².